The van der Waals surface area contributed by atoms with E-state index in [-0.39, 0.29) is 17.8 Å². The standard InChI is InChI=1S/C18H22N4O2/c1-18(2,22-12-10-20-16(22)15(19)23)17(24)21-11-6-9-14(21)13-7-4-3-5-8-13/h3-5,7-8,10,12,14H,6,9,11H2,1-2H3,(H2,19,23). The van der Waals surface area contributed by atoms with Gasteiger partial charge in [-0.3, -0.25) is 9.59 Å². The molecule has 126 valence electrons. The van der Waals surface area contributed by atoms with Gasteiger partial charge in [-0.2, -0.15) is 0 Å². The van der Waals surface area contributed by atoms with Crippen LogP contribution in [0.5, 0.6) is 0 Å². The van der Waals surface area contributed by atoms with E-state index in [9.17, 15) is 9.59 Å². The number of nitrogens with zero attached hydrogens (tertiary/aromatic N) is 3. The lowest BCUT2D eigenvalue weighted by molar-refractivity contribution is -0.140. The molecule has 0 saturated carbocycles. The maximum atomic E-state index is 13.2. The fraction of sp³-hybridized carbons (Fsp3) is 0.389. The predicted octanol–water partition coefficient (Wildman–Crippen LogP) is 2.08. The summed E-state index contributed by atoms with van der Waals surface area (Å²) in [7, 11) is 0. The summed E-state index contributed by atoms with van der Waals surface area (Å²) in [5.41, 5.74) is 5.59. The molecule has 1 unspecified atom stereocenters. The highest BCUT2D eigenvalue weighted by molar-refractivity contribution is 5.91. The lowest BCUT2D eigenvalue weighted by atomic mass is 9.99. The van der Waals surface area contributed by atoms with Crippen molar-refractivity contribution in [1.82, 2.24) is 14.5 Å². The Morgan fingerprint density at radius 3 is 2.62 bits per heavy atom. The maximum Gasteiger partial charge on any atom is 0.284 e. The summed E-state index contributed by atoms with van der Waals surface area (Å²) in [6.45, 7) is 4.30. The molecule has 0 spiro atoms. The van der Waals surface area contributed by atoms with Gasteiger partial charge in [0.15, 0.2) is 5.82 Å². The molecule has 0 radical (unpaired) electrons. The minimum absolute atomic E-state index is 0.0330. The Balaban J connectivity index is 1.92. The number of benzene rings is 1. The summed E-state index contributed by atoms with van der Waals surface area (Å²) in [4.78, 5) is 30.7. The number of hydrogen-bond acceptors (Lipinski definition) is 3. The fourth-order valence-electron chi connectivity index (χ4n) is 3.42. The number of imidazole rings is 1. The van der Waals surface area contributed by atoms with E-state index in [0.29, 0.717) is 6.54 Å². The van der Waals surface area contributed by atoms with Crippen LogP contribution in [-0.2, 0) is 10.3 Å². The Morgan fingerprint density at radius 1 is 1.25 bits per heavy atom. The summed E-state index contributed by atoms with van der Waals surface area (Å²) in [5, 5.41) is 0. The predicted molar refractivity (Wildman–Crippen MR) is 90.2 cm³/mol. The first-order valence-electron chi connectivity index (χ1n) is 8.12. The maximum absolute atomic E-state index is 13.2. The van der Waals surface area contributed by atoms with Crippen LogP contribution in [0, 0.1) is 0 Å². The number of likely N-dealkylation sites (tertiary alicyclic amines) is 1. The highest BCUT2D eigenvalue weighted by atomic mass is 16.2. The third kappa shape index (κ3) is 2.68. The second-order valence-corrected chi connectivity index (χ2v) is 6.61. The monoisotopic (exact) mass is 326 g/mol. The van der Waals surface area contributed by atoms with Crippen LogP contribution in [0.4, 0.5) is 0 Å². The first-order valence-corrected chi connectivity index (χ1v) is 8.12. The normalized spacial score (nSPS) is 17.9. The second kappa shape index (κ2) is 6.11. The van der Waals surface area contributed by atoms with Crippen LogP contribution in [0.25, 0.3) is 0 Å². The van der Waals surface area contributed by atoms with Gasteiger partial charge in [0.2, 0.25) is 5.91 Å². The number of carbonyl (C=O) groups is 2. The minimum atomic E-state index is -0.932. The van der Waals surface area contributed by atoms with Crippen LogP contribution in [-0.4, -0.2) is 32.8 Å². The molecule has 1 aromatic heterocycles. The van der Waals surface area contributed by atoms with Crippen molar-refractivity contribution < 1.29 is 9.59 Å². The third-order valence-corrected chi connectivity index (χ3v) is 4.68. The number of aromatic nitrogens is 2. The van der Waals surface area contributed by atoms with Gasteiger partial charge in [0.05, 0.1) is 6.04 Å². The van der Waals surface area contributed by atoms with E-state index in [1.165, 1.54) is 6.20 Å². The van der Waals surface area contributed by atoms with E-state index < -0.39 is 11.4 Å². The van der Waals surface area contributed by atoms with Crippen molar-refractivity contribution in [3.05, 3.63) is 54.1 Å². The first-order chi connectivity index (χ1) is 11.4. The second-order valence-electron chi connectivity index (χ2n) is 6.61. The van der Waals surface area contributed by atoms with Crippen LogP contribution < -0.4 is 5.73 Å². The molecular formula is C18H22N4O2. The molecule has 1 aromatic carbocycles. The third-order valence-electron chi connectivity index (χ3n) is 4.68. The number of primary amides is 1. The van der Waals surface area contributed by atoms with Gasteiger partial charge in [-0.15, -0.1) is 0 Å². The number of rotatable bonds is 4. The zero-order valence-corrected chi connectivity index (χ0v) is 14.0. The molecule has 0 bridgehead atoms. The van der Waals surface area contributed by atoms with Crippen molar-refractivity contribution in [2.75, 3.05) is 6.54 Å². The summed E-state index contributed by atoms with van der Waals surface area (Å²) < 4.78 is 1.57. The molecule has 1 aliphatic heterocycles. The van der Waals surface area contributed by atoms with E-state index in [1.54, 1.807) is 24.6 Å². The molecule has 6 nitrogen and oxygen atoms in total. The van der Waals surface area contributed by atoms with Crippen LogP contribution >= 0.6 is 0 Å². The number of carbonyl (C=O) groups excluding carboxylic acids is 2. The number of hydrogen-bond donors (Lipinski definition) is 1. The van der Waals surface area contributed by atoms with Crippen molar-refractivity contribution in [1.29, 1.82) is 0 Å². The summed E-state index contributed by atoms with van der Waals surface area (Å²) in [5.74, 6) is -0.569. The van der Waals surface area contributed by atoms with Gasteiger partial charge >= 0.3 is 0 Å². The summed E-state index contributed by atoms with van der Waals surface area (Å²) >= 11 is 0. The quantitative estimate of drug-likeness (QED) is 0.934. The first kappa shape index (κ1) is 16.2. The highest BCUT2D eigenvalue weighted by Crippen LogP contribution is 2.35. The lowest BCUT2D eigenvalue weighted by Gasteiger charge is -2.34. The minimum Gasteiger partial charge on any atom is -0.363 e. The molecule has 6 heteroatoms. The molecule has 2 heterocycles. The fourth-order valence-corrected chi connectivity index (χ4v) is 3.42. The summed E-state index contributed by atoms with van der Waals surface area (Å²) in [6, 6.07) is 10.1. The zero-order valence-electron chi connectivity index (χ0n) is 14.0. The van der Waals surface area contributed by atoms with Gasteiger partial charge in [0, 0.05) is 18.9 Å². The molecule has 0 aliphatic carbocycles. The van der Waals surface area contributed by atoms with E-state index in [1.807, 2.05) is 23.1 Å². The average molecular weight is 326 g/mol. The number of amides is 2. The van der Waals surface area contributed by atoms with Crippen molar-refractivity contribution in [2.24, 2.45) is 5.73 Å². The van der Waals surface area contributed by atoms with Crippen molar-refractivity contribution >= 4 is 11.8 Å². The van der Waals surface area contributed by atoms with Gasteiger partial charge in [-0.1, -0.05) is 30.3 Å². The van der Waals surface area contributed by atoms with Crippen LogP contribution in [0.15, 0.2) is 42.7 Å². The van der Waals surface area contributed by atoms with Gasteiger partial charge < -0.3 is 15.2 Å². The molecule has 2 N–H and O–H groups in total. The van der Waals surface area contributed by atoms with E-state index in [0.717, 1.165) is 18.4 Å². The lowest BCUT2D eigenvalue weighted by Crippen LogP contribution is -2.47. The molecule has 3 rings (SSSR count). The van der Waals surface area contributed by atoms with E-state index >= 15 is 0 Å². The molecule has 1 saturated heterocycles. The van der Waals surface area contributed by atoms with Crippen LogP contribution in [0.1, 0.15) is 48.9 Å². The van der Waals surface area contributed by atoms with Gasteiger partial charge in [0.1, 0.15) is 5.54 Å². The molecule has 2 amide bonds. The Bertz CT molecular complexity index is 751. The topological polar surface area (TPSA) is 81.2 Å². The molecule has 2 aromatic rings. The summed E-state index contributed by atoms with van der Waals surface area (Å²) in [6.07, 6.45) is 5.03. The average Bonchev–Trinajstić information content (AvgIpc) is 3.24. The van der Waals surface area contributed by atoms with E-state index in [2.05, 4.69) is 17.1 Å². The SMILES string of the molecule is CC(C)(C(=O)N1CCCC1c1ccccc1)n1ccnc1C(N)=O. The van der Waals surface area contributed by atoms with Gasteiger partial charge in [-0.25, -0.2) is 4.98 Å². The van der Waals surface area contributed by atoms with Crippen LogP contribution in [0.2, 0.25) is 0 Å². The van der Waals surface area contributed by atoms with Crippen molar-refractivity contribution in [3.63, 3.8) is 0 Å². The molecule has 1 atom stereocenters. The zero-order chi connectivity index (χ0) is 17.3. The van der Waals surface area contributed by atoms with Gasteiger partial charge in [0.25, 0.3) is 5.91 Å². The van der Waals surface area contributed by atoms with Crippen molar-refractivity contribution in [2.45, 2.75) is 38.3 Å². The Morgan fingerprint density at radius 2 is 1.96 bits per heavy atom. The Hall–Kier alpha value is -2.63. The molecule has 1 fully saturated rings. The van der Waals surface area contributed by atoms with Gasteiger partial charge in [-0.05, 0) is 32.3 Å². The van der Waals surface area contributed by atoms with E-state index in [4.69, 9.17) is 5.73 Å². The molecule has 24 heavy (non-hydrogen) atoms. The number of nitrogens with two attached hydrogens (primary N) is 1. The van der Waals surface area contributed by atoms with Crippen molar-refractivity contribution in [3.8, 4) is 0 Å². The highest BCUT2D eigenvalue weighted by Gasteiger charge is 2.40. The Kier molecular flexibility index (Phi) is 4.13. The smallest absolute Gasteiger partial charge is 0.284 e. The molecular weight excluding hydrogens is 304 g/mol. The van der Waals surface area contributed by atoms with Crippen LogP contribution in [0.3, 0.4) is 0 Å². The largest absolute Gasteiger partial charge is 0.363 e. The molecule has 1 aliphatic rings. The Labute approximate surface area is 141 Å².